The standard InChI is InChI=1S/C23H32N2O16/c1-9(28)24-15-12(29)6-23(22(34)35,40-19(15)16(31)13(30)7-26)41-20-17(32)14(8-27)39-21(18(20)33)38-11-4-2-10(3-5-11)25(36)37/h2-5,12-21,26-27,29-33H,6-8H2,1H3,(H,24,28)(H,34,35)/t12-,13+,14+,15+,16+,17-,18+,19+,20-,21+,23-/m0/s1. The van der Waals surface area contributed by atoms with Crippen molar-refractivity contribution in [2.45, 2.75) is 80.3 Å². The fourth-order valence-corrected chi connectivity index (χ4v) is 4.54. The zero-order valence-electron chi connectivity index (χ0n) is 21.5. The number of nitro groups is 1. The average molecular weight is 593 g/mol. The molecule has 9 N–H and O–H groups in total. The molecule has 230 valence electrons. The number of carbonyl (C=O) groups is 2. The van der Waals surface area contributed by atoms with Crippen LogP contribution in [-0.4, -0.2) is 138 Å². The Kier molecular flexibility index (Phi) is 10.5. The minimum Gasteiger partial charge on any atom is -0.477 e. The highest BCUT2D eigenvalue weighted by atomic mass is 16.8. The van der Waals surface area contributed by atoms with Crippen LogP contribution in [0.15, 0.2) is 24.3 Å². The van der Waals surface area contributed by atoms with Crippen molar-refractivity contribution in [2.75, 3.05) is 13.2 Å². The van der Waals surface area contributed by atoms with Crippen molar-refractivity contribution in [2.24, 2.45) is 0 Å². The van der Waals surface area contributed by atoms with Crippen LogP contribution >= 0.6 is 0 Å². The van der Waals surface area contributed by atoms with Crippen LogP contribution in [0.25, 0.3) is 0 Å². The summed E-state index contributed by atoms with van der Waals surface area (Å²) in [6.07, 6.45) is -17.7. The van der Waals surface area contributed by atoms with Crippen molar-refractivity contribution in [1.82, 2.24) is 5.32 Å². The molecule has 41 heavy (non-hydrogen) atoms. The molecule has 18 nitrogen and oxygen atoms in total. The molecule has 1 amide bonds. The summed E-state index contributed by atoms with van der Waals surface area (Å²) in [5, 5.41) is 95.3. The first-order valence-corrected chi connectivity index (χ1v) is 12.3. The molecule has 18 heteroatoms. The molecule has 1 aromatic rings. The SMILES string of the molecule is CC(=O)N[C@H]1[C@H]([C@H](O)[C@H](O)CO)O[C@@](O[C@H]2[C@@H](O)[C@@H](CO)O[C@@H](Oc3ccc([N+](=O)[O-])cc3)[C@@H]2O)(C(=O)O)C[C@@H]1O. The third-order valence-electron chi connectivity index (χ3n) is 6.63. The molecule has 2 fully saturated rings. The lowest BCUT2D eigenvalue weighted by Crippen LogP contribution is -2.70. The highest BCUT2D eigenvalue weighted by Crippen LogP contribution is 2.37. The van der Waals surface area contributed by atoms with Crippen LogP contribution < -0.4 is 10.1 Å². The second-order valence-corrected chi connectivity index (χ2v) is 9.54. The van der Waals surface area contributed by atoms with Crippen molar-refractivity contribution in [3.05, 3.63) is 34.4 Å². The van der Waals surface area contributed by atoms with Gasteiger partial charge in [-0.15, -0.1) is 0 Å². The van der Waals surface area contributed by atoms with Crippen molar-refractivity contribution in [3.63, 3.8) is 0 Å². The molecule has 0 saturated carbocycles. The number of benzene rings is 1. The van der Waals surface area contributed by atoms with Crippen LogP contribution in [0, 0.1) is 10.1 Å². The van der Waals surface area contributed by atoms with Gasteiger partial charge >= 0.3 is 5.97 Å². The van der Waals surface area contributed by atoms with E-state index in [0.29, 0.717) is 0 Å². The van der Waals surface area contributed by atoms with Gasteiger partial charge in [-0.1, -0.05) is 0 Å². The summed E-state index contributed by atoms with van der Waals surface area (Å²) in [6.45, 7) is -0.822. The van der Waals surface area contributed by atoms with Crippen LogP contribution in [0.5, 0.6) is 5.75 Å². The first-order chi connectivity index (χ1) is 19.2. The Balaban J connectivity index is 1.93. The van der Waals surface area contributed by atoms with Crippen LogP contribution in [-0.2, 0) is 23.8 Å². The smallest absolute Gasteiger partial charge is 0.364 e. The zero-order chi connectivity index (χ0) is 30.6. The molecule has 2 aliphatic heterocycles. The van der Waals surface area contributed by atoms with Gasteiger partial charge in [-0.2, -0.15) is 0 Å². The fourth-order valence-electron chi connectivity index (χ4n) is 4.54. The monoisotopic (exact) mass is 592 g/mol. The number of aliphatic hydroxyl groups is 7. The summed E-state index contributed by atoms with van der Waals surface area (Å²) in [5.74, 6) is -5.61. The lowest BCUT2D eigenvalue weighted by Gasteiger charge is -2.49. The number of aliphatic hydroxyl groups excluding tert-OH is 7. The van der Waals surface area contributed by atoms with Crippen LogP contribution in [0.3, 0.4) is 0 Å². The molecule has 0 unspecified atom stereocenters. The minimum absolute atomic E-state index is 0.0527. The Morgan fingerprint density at radius 3 is 2.32 bits per heavy atom. The minimum atomic E-state index is -2.93. The van der Waals surface area contributed by atoms with Gasteiger partial charge in [0.15, 0.2) is 0 Å². The Bertz CT molecular complexity index is 1070. The maximum atomic E-state index is 12.5. The summed E-state index contributed by atoms with van der Waals surface area (Å²) in [4.78, 5) is 34.4. The lowest BCUT2D eigenvalue weighted by molar-refractivity contribution is -0.384. The first kappa shape index (κ1) is 32.5. The Morgan fingerprint density at radius 2 is 1.80 bits per heavy atom. The third kappa shape index (κ3) is 7.07. The van der Waals surface area contributed by atoms with E-state index >= 15 is 0 Å². The van der Waals surface area contributed by atoms with Gasteiger partial charge in [0, 0.05) is 25.5 Å². The van der Waals surface area contributed by atoms with Gasteiger partial charge in [0.2, 0.25) is 12.2 Å². The number of carboxylic acids is 1. The number of non-ortho nitro benzene ring substituents is 1. The summed E-state index contributed by atoms with van der Waals surface area (Å²) in [6, 6.07) is 3.02. The molecular weight excluding hydrogens is 560 g/mol. The van der Waals surface area contributed by atoms with Crippen molar-refractivity contribution < 1.29 is 74.3 Å². The van der Waals surface area contributed by atoms with E-state index in [0.717, 1.165) is 19.1 Å². The van der Waals surface area contributed by atoms with Gasteiger partial charge in [-0.25, -0.2) is 4.79 Å². The van der Waals surface area contributed by atoms with Gasteiger partial charge in [0.25, 0.3) is 11.5 Å². The molecule has 2 heterocycles. The van der Waals surface area contributed by atoms with Crippen LogP contribution in [0.1, 0.15) is 13.3 Å². The van der Waals surface area contributed by atoms with E-state index in [1.54, 1.807) is 0 Å². The van der Waals surface area contributed by atoms with Crippen molar-refractivity contribution in [1.29, 1.82) is 0 Å². The van der Waals surface area contributed by atoms with Gasteiger partial charge in [0.05, 0.1) is 30.3 Å². The Morgan fingerprint density at radius 1 is 1.17 bits per heavy atom. The highest BCUT2D eigenvalue weighted by molar-refractivity contribution is 5.76. The number of nitrogens with one attached hydrogen (secondary N) is 1. The topological polar surface area (TPSA) is 288 Å². The van der Waals surface area contributed by atoms with Crippen LogP contribution in [0.2, 0.25) is 0 Å². The predicted octanol–water partition coefficient (Wildman–Crippen LogP) is -4.05. The fraction of sp³-hybridized carbons (Fsp3) is 0.652. The van der Waals surface area contributed by atoms with Gasteiger partial charge < -0.3 is 65.1 Å². The summed E-state index contributed by atoms with van der Waals surface area (Å²) >= 11 is 0. The molecule has 11 atom stereocenters. The van der Waals surface area contributed by atoms with Crippen molar-refractivity contribution in [3.8, 4) is 5.75 Å². The number of rotatable bonds is 11. The Labute approximate surface area is 231 Å². The lowest BCUT2D eigenvalue weighted by atomic mass is 9.88. The molecule has 3 rings (SSSR count). The molecule has 0 aliphatic carbocycles. The molecular formula is C23H32N2O16. The number of hydrogen-bond donors (Lipinski definition) is 9. The number of carbonyl (C=O) groups excluding carboxylic acids is 1. The molecule has 1 aromatic carbocycles. The number of ether oxygens (including phenoxy) is 4. The highest BCUT2D eigenvalue weighted by Gasteiger charge is 2.59. The quantitative estimate of drug-likeness (QED) is 0.0872. The van der Waals surface area contributed by atoms with Crippen molar-refractivity contribution >= 4 is 17.6 Å². The number of nitro benzene ring substituents is 1. The van der Waals surface area contributed by atoms with E-state index < -0.39 is 103 Å². The summed E-state index contributed by atoms with van der Waals surface area (Å²) in [7, 11) is 0. The van der Waals surface area contributed by atoms with Gasteiger partial charge in [-0.3, -0.25) is 14.9 Å². The number of aliphatic carboxylic acids is 1. The maximum absolute atomic E-state index is 12.5. The largest absolute Gasteiger partial charge is 0.477 e. The molecule has 2 aliphatic rings. The van der Waals surface area contributed by atoms with E-state index in [-0.39, 0.29) is 11.4 Å². The normalized spacial score (nSPS) is 35.2. The van der Waals surface area contributed by atoms with E-state index in [1.165, 1.54) is 12.1 Å². The van der Waals surface area contributed by atoms with E-state index in [1.807, 2.05) is 0 Å². The number of hydrogen-bond acceptors (Lipinski definition) is 15. The second-order valence-electron chi connectivity index (χ2n) is 9.54. The predicted molar refractivity (Wildman–Crippen MR) is 129 cm³/mol. The first-order valence-electron chi connectivity index (χ1n) is 12.3. The third-order valence-corrected chi connectivity index (χ3v) is 6.63. The molecule has 0 radical (unpaired) electrons. The van der Waals surface area contributed by atoms with Gasteiger partial charge in [0.1, 0.15) is 48.5 Å². The number of carboxylic acid groups (broad SMARTS) is 1. The number of amides is 1. The number of nitrogens with zero attached hydrogens (tertiary/aromatic N) is 1. The summed E-state index contributed by atoms with van der Waals surface area (Å²) < 4.78 is 21.9. The molecule has 2 saturated heterocycles. The molecule has 0 spiro atoms. The van der Waals surface area contributed by atoms with Gasteiger partial charge in [-0.05, 0) is 12.1 Å². The average Bonchev–Trinajstić information content (AvgIpc) is 2.92. The molecule has 0 aromatic heterocycles. The van der Waals surface area contributed by atoms with E-state index in [2.05, 4.69) is 5.32 Å². The zero-order valence-corrected chi connectivity index (χ0v) is 21.5. The van der Waals surface area contributed by atoms with E-state index in [4.69, 9.17) is 18.9 Å². The molecule has 0 bridgehead atoms. The summed E-state index contributed by atoms with van der Waals surface area (Å²) in [5.41, 5.74) is -0.274. The second kappa shape index (κ2) is 13.3. The Hall–Kier alpha value is -3.04. The van der Waals surface area contributed by atoms with E-state index in [9.17, 15) is 60.6 Å². The maximum Gasteiger partial charge on any atom is 0.364 e. The van der Waals surface area contributed by atoms with Crippen LogP contribution in [0.4, 0.5) is 5.69 Å².